The van der Waals surface area contributed by atoms with Gasteiger partial charge in [-0.1, -0.05) is 50.0 Å². The number of rotatable bonds is 5. The fourth-order valence-electron chi connectivity index (χ4n) is 1.48. The zero-order chi connectivity index (χ0) is 8.81. The van der Waals surface area contributed by atoms with E-state index in [1.54, 1.807) is 0 Å². The Labute approximate surface area is 81.2 Å². The molecule has 1 aliphatic carbocycles. The van der Waals surface area contributed by atoms with Crippen molar-refractivity contribution in [3.05, 3.63) is 23.8 Å². The molecular weight excluding hydrogens is 164 g/mol. The van der Waals surface area contributed by atoms with Gasteiger partial charge in [0.05, 0.1) is 0 Å². The van der Waals surface area contributed by atoms with Crippen LogP contribution in [0.2, 0.25) is 0 Å². The summed E-state index contributed by atoms with van der Waals surface area (Å²) in [5, 5.41) is 0.506. The van der Waals surface area contributed by atoms with Gasteiger partial charge >= 0.3 is 0 Å². The molecule has 0 aromatic rings. The molecule has 0 aromatic heterocycles. The zero-order valence-corrected chi connectivity index (χ0v) is 8.69. The SMILES string of the molecule is CCCCCC(S)C1=CC=CC1. The number of hydrogen-bond acceptors (Lipinski definition) is 1. The van der Waals surface area contributed by atoms with Crippen LogP contribution in [0.15, 0.2) is 23.8 Å². The van der Waals surface area contributed by atoms with E-state index in [4.69, 9.17) is 0 Å². The molecule has 0 aliphatic heterocycles. The van der Waals surface area contributed by atoms with Gasteiger partial charge in [0.2, 0.25) is 0 Å². The maximum Gasteiger partial charge on any atom is 0.0232 e. The predicted octanol–water partition coefficient (Wildman–Crippen LogP) is 3.75. The molecule has 1 aliphatic rings. The van der Waals surface area contributed by atoms with Crippen LogP contribution in [0.5, 0.6) is 0 Å². The maximum absolute atomic E-state index is 4.59. The van der Waals surface area contributed by atoms with Gasteiger partial charge < -0.3 is 0 Å². The topological polar surface area (TPSA) is 0 Å². The summed E-state index contributed by atoms with van der Waals surface area (Å²) in [7, 11) is 0. The molecule has 12 heavy (non-hydrogen) atoms. The normalized spacial score (nSPS) is 18.0. The van der Waals surface area contributed by atoms with Gasteiger partial charge in [-0.05, 0) is 12.8 Å². The van der Waals surface area contributed by atoms with E-state index in [9.17, 15) is 0 Å². The highest BCUT2D eigenvalue weighted by Gasteiger charge is 2.09. The Morgan fingerprint density at radius 1 is 1.50 bits per heavy atom. The van der Waals surface area contributed by atoms with E-state index < -0.39 is 0 Å². The van der Waals surface area contributed by atoms with Crippen LogP contribution >= 0.6 is 12.6 Å². The lowest BCUT2D eigenvalue weighted by molar-refractivity contribution is 0.670. The Hall–Kier alpha value is -0.170. The van der Waals surface area contributed by atoms with Gasteiger partial charge in [-0.3, -0.25) is 0 Å². The number of unbranched alkanes of at least 4 members (excludes halogenated alkanes) is 2. The smallest absolute Gasteiger partial charge is 0.0232 e. The second-order valence-electron chi connectivity index (χ2n) is 3.39. The fourth-order valence-corrected chi connectivity index (χ4v) is 1.86. The average Bonchev–Trinajstić information content (AvgIpc) is 2.56. The molecule has 1 heteroatoms. The van der Waals surface area contributed by atoms with Gasteiger partial charge in [0.1, 0.15) is 0 Å². The summed E-state index contributed by atoms with van der Waals surface area (Å²) in [5.41, 5.74) is 1.49. The summed E-state index contributed by atoms with van der Waals surface area (Å²) >= 11 is 4.59. The largest absolute Gasteiger partial charge is 0.171 e. The van der Waals surface area contributed by atoms with Crippen molar-refractivity contribution in [1.82, 2.24) is 0 Å². The fraction of sp³-hybridized carbons (Fsp3) is 0.636. The van der Waals surface area contributed by atoms with E-state index in [1.165, 1.54) is 31.3 Å². The van der Waals surface area contributed by atoms with E-state index >= 15 is 0 Å². The van der Waals surface area contributed by atoms with Crippen molar-refractivity contribution in [2.45, 2.75) is 44.3 Å². The molecule has 0 saturated heterocycles. The van der Waals surface area contributed by atoms with Crippen LogP contribution in [0.1, 0.15) is 39.0 Å². The lowest BCUT2D eigenvalue weighted by Gasteiger charge is -2.10. The van der Waals surface area contributed by atoms with Crippen LogP contribution < -0.4 is 0 Å². The minimum Gasteiger partial charge on any atom is -0.171 e. The first kappa shape index (κ1) is 9.91. The van der Waals surface area contributed by atoms with Crippen LogP contribution in [-0.4, -0.2) is 5.25 Å². The molecule has 0 bridgehead atoms. The average molecular weight is 182 g/mol. The summed E-state index contributed by atoms with van der Waals surface area (Å²) in [6.45, 7) is 2.24. The Bertz CT molecular complexity index is 179. The third-order valence-electron chi connectivity index (χ3n) is 2.31. The second-order valence-corrected chi connectivity index (χ2v) is 4.01. The van der Waals surface area contributed by atoms with Gasteiger partial charge in [0.25, 0.3) is 0 Å². The van der Waals surface area contributed by atoms with E-state index in [1.807, 2.05) is 0 Å². The van der Waals surface area contributed by atoms with Crippen molar-refractivity contribution in [3.63, 3.8) is 0 Å². The minimum atomic E-state index is 0.506. The summed E-state index contributed by atoms with van der Waals surface area (Å²) in [5.74, 6) is 0. The van der Waals surface area contributed by atoms with Crippen molar-refractivity contribution in [2.24, 2.45) is 0 Å². The van der Waals surface area contributed by atoms with Crippen LogP contribution in [0.4, 0.5) is 0 Å². The molecule has 0 radical (unpaired) electrons. The Morgan fingerprint density at radius 3 is 2.92 bits per heavy atom. The van der Waals surface area contributed by atoms with Crippen molar-refractivity contribution in [3.8, 4) is 0 Å². The first-order chi connectivity index (χ1) is 5.84. The minimum absolute atomic E-state index is 0.506. The molecule has 0 saturated carbocycles. The quantitative estimate of drug-likeness (QED) is 0.486. The molecule has 1 atom stereocenters. The van der Waals surface area contributed by atoms with Crippen LogP contribution in [0, 0.1) is 0 Å². The second kappa shape index (κ2) is 5.47. The van der Waals surface area contributed by atoms with Crippen molar-refractivity contribution in [2.75, 3.05) is 0 Å². The third-order valence-corrected chi connectivity index (χ3v) is 2.90. The summed E-state index contributed by atoms with van der Waals surface area (Å²) in [6, 6.07) is 0. The third kappa shape index (κ3) is 3.06. The molecule has 1 rings (SSSR count). The molecule has 1 unspecified atom stereocenters. The Kier molecular flexibility index (Phi) is 4.52. The lowest BCUT2D eigenvalue weighted by Crippen LogP contribution is -2.01. The van der Waals surface area contributed by atoms with Crippen molar-refractivity contribution >= 4 is 12.6 Å². The molecule has 0 spiro atoms. The first-order valence-corrected chi connectivity index (χ1v) is 5.40. The van der Waals surface area contributed by atoms with Gasteiger partial charge in [0.15, 0.2) is 0 Å². The van der Waals surface area contributed by atoms with Crippen LogP contribution in [0.3, 0.4) is 0 Å². The number of hydrogen-bond donors (Lipinski definition) is 1. The van der Waals surface area contributed by atoms with Crippen molar-refractivity contribution in [1.29, 1.82) is 0 Å². The van der Waals surface area contributed by atoms with Gasteiger partial charge in [-0.15, -0.1) is 0 Å². The van der Waals surface area contributed by atoms with Crippen molar-refractivity contribution < 1.29 is 0 Å². The number of allylic oxidation sites excluding steroid dienone is 3. The number of thiol groups is 1. The highest BCUT2D eigenvalue weighted by molar-refractivity contribution is 7.81. The Morgan fingerprint density at radius 2 is 2.33 bits per heavy atom. The molecule has 0 N–H and O–H groups in total. The van der Waals surface area contributed by atoms with Crippen LogP contribution in [-0.2, 0) is 0 Å². The predicted molar refractivity (Wildman–Crippen MR) is 58.8 cm³/mol. The molecular formula is C11H18S. The van der Waals surface area contributed by atoms with E-state index in [2.05, 4.69) is 37.8 Å². The Balaban J connectivity index is 2.15. The van der Waals surface area contributed by atoms with Gasteiger partial charge in [0, 0.05) is 5.25 Å². The maximum atomic E-state index is 4.59. The summed E-state index contributed by atoms with van der Waals surface area (Å²) < 4.78 is 0. The first-order valence-electron chi connectivity index (χ1n) is 4.88. The van der Waals surface area contributed by atoms with E-state index in [0.29, 0.717) is 5.25 Å². The monoisotopic (exact) mass is 182 g/mol. The molecule has 0 nitrogen and oxygen atoms in total. The highest BCUT2D eigenvalue weighted by atomic mass is 32.1. The molecule has 68 valence electrons. The highest BCUT2D eigenvalue weighted by Crippen LogP contribution is 2.23. The van der Waals surface area contributed by atoms with E-state index in [-0.39, 0.29) is 0 Å². The van der Waals surface area contributed by atoms with Gasteiger partial charge in [-0.2, -0.15) is 12.6 Å². The summed E-state index contributed by atoms with van der Waals surface area (Å²) in [4.78, 5) is 0. The van der Waals surface area contributed by atoms with Gasteiger partial charge in [-0.25, -0.2) is 0 Å². The lowest BCUT2D eigenvalue weighted by atomic mass is 10.1. The molecule has 0 heterocycles. The zero-order valence-electron chi connectivity index (χ0n) is 7.79. The standard InChI is InChI=1S/C11H18S/c1-2-3-4-9-11(12)10-7-5-6-8-10/h5-7,11-12H,2-4,8-9H2,1H3. The molecule has 0 aromatic carbocycles. The van der Waals surface area contributed by atoms with Crippen LogP contribution in [0.25, 0.3) is 0 Å². The molecule has 0 amide bonds. The summed E-state index contributed by atoms with van der Waals surface area (Å²) in [6.07, 6.45) is 12.9. The van der Waals surface area contributed by atoms with E-state index in [0.717, 1.165) is 6.42 Å². The molecule has 0 fully saturated rings.